The fourth-order valence-electron chi connectivity index (χ4n) is 1.84. The first-order chi connectivity index (χ1) is 10.7. The van der Waals surface area contributed by atoms with Crippen molar-refractivity contribution in [3.05, 3.63) is 24.3 Å². The molecular formula is C16H23N3O4. The topological polar surface area (TPSA) is 108 Å². The molecule has 0 spiro atoms. The number of urea groups is 1. The van der Waals surface area contributed by atoms with Gasteiger partial charge in [0.25, 0.3) is 0 Å². The number of carbonyl (C=O) groups excluding carboxylic acids is 2. The Kier molecular flexibility index (Phi) is 6.56. The number of hydrogen-bond donors (Lipinski definition) is 4. The summed E-state index contributed by atoms with van der Waals surface area (Å²) in [5.41, 5.74) is 0.605. The first-order valence-electron chi connectivity index (χ1n) is 7.43. The Hall–Kier alpha value is -2.57. The predicted molar refractivity (Wildman–Crippen MR) is 88.5 cm³/mol. The van der Waals surface area contributed by atoms with Crippen molar-refractivity contribution in [2.45, 2.75) is 45.6 Å². The smallest absolute Gasteiger partial charge is 0.319 e. The zero-order valence-corrected chi connectivity index (χ0v) is 13.6. The van der Waals surface area contributed by atoms with E-state index in [1.54, 1.807) is 45.0 Å². The lowest BCUT2D eigenvalue weighted by Gasteiger charge is -2.25. The van der Waals surface area contributed by atoms with Crippen LogP contribution in [0.5, 0.6) is 0 Å². The van der Waals surface area contributed by atoms with Gasteiger partial charge in [-0.1, -0.05) is 6.92 Å². The van der Waals surface area contributed by atoms with Crippen LogP contribution < -0.4 is 16.0 Å². The summed E-state index contributed by atoms with van der Waals surface area (Å²) in [6.45, 7) is 5.29. The maximum absolute atomic E-state index is 11.9. The van der Waals surface area contributed by atoms with Gasteiger partial charge in [-0.2, -0.15) is 0 Å². The first kappa shape index (κ1) is 18.5. The van der Waals surface area contributed by atoms with Crippen LogP contribution in [0.2, 0.25) is 0 Å². The molecule has 0 bridgehead atoms. The van der Waals surface area contributed by atoms with Gasteiger partial charge >= 0.3 is 12.0 Å². The summed E-state index contributed by atoms with van der Waals surface area (Å²) in [5.74, 6) is -0.978. The molecule has 7 heteroatoms. The summed E-state index contributed by atoms with van der Waals surface area (Å²) in [7, 11) is 0. The molecule has 0 atom stereocenters. The molecule has 0 aromatic heterocycles. The molecule has 126 valence electrons. The van der Waals surface area contributed by atoms with Crippen molar-refractivity contribution in [3.63, 3.8) is 0 Å². The SMILES string of the molecule is CCC(=O)Nc1ccc(NC(=O)NC(C)(C)CCC(=O)O)cc1. The summed E-state index contributed by atoms with van der Waals surface area (Å²) in [6.07, 6.45) is 0.713. The van der Waals surface area contributed by atoms with Gasteiger partial charge < -0.3 is 21.1 Å². The molecule has 3 amide bonds. The number of amides is 3. The highest BCUT2D eigenvalue weighted by molar-refractivity contribution is 5.92. The van der Waals surface area contributed by atoms with Crippen LogP contribution in [0.25, 0.3) is 0 Å². The summed E-state index contributed by atoms with van der Waals surface area (Å²) >= 11 is 0. The third-order valence-corrected chi connectivity index (χ3v) is 3.16. The van der Waals surface area contributed by atoms with Gasteiger partial charge in [-0.25, -0.2) is 4.79 Å². The first-order valence-corrected chi connectivity index (χ1v) is 7.43. The number of anilines is 2. The average molecular weight is 321 g/mol. The Labute approximate surface area is 135 Å². The van der Waals surface area contributed by atoms with E-state index in [1.807, 2.05) is 0 Å². The lowest BCUT2D eigenvalue weighted by atomic mass is 9.99. The Bertz CT molecular complexity index is 567. The largest absolute Gasteiger partial charge is 0.481 e. The number of nitrogens with one attached hydrogen (secondary N) is 3. The van der Waals surface area contributed by atoms with Crippen LogP contribution in [0.1, 0.15) is 40.0 Å². The van der Waals surface area contributed by atoms with Crippen molar-refractivity contribution < 1.29 is 19.5 Å². The van der Waals surface area contributed by atoms with E-state index in [2.05, 4.69) is 16.0 Å². The van der Waals surface area contributed by atoms with Crippen molar-refractivity contribution in [3.8, 4) is 0 Å². The number of rotatable bonds is 7. The minimum absolute atomic E-state index is 0.0148. The standard InChI is InChI=1S/C16H23N3O4/c1-4-13(20)17-11-5-7-12(8-6-11)18-15(23)19-16(2,3)10-9-14(21)22/h5-8H,4,9-10H2,1-3H3,(H,17,20)(H,21,22)(H2,18,19,23). The van der Waals surface area contributed by atoms with E-state index in [9.17, 15) is 14.4 Å². The summed E-state index contributed by atoms with van der Waals surface area (Å²) in [4.78, 5) is 33.8. The fourth-order valence-corrected chi connectivity index (χ4v) is 1.84. The third-order valence-electron chi connectivity index (χ3n) is 3.16. The zero-order chi connectivity index (χ0) is 17.5. The molecule has 0 aliphatic heterocycles. The Morgan fingerprint density at radius 1 is 1.04 bits per heavy atom. The van der Waals surface area contributed by atoms with Crippen LogP contribution in [0.15, 0.2) is 24.3 Å². The number of carboxylic acid groups (broad SMARTS) is 1. The second-order valence-electron chi connectivity index (χ2n) is 5.84. The number of carbonyl (C=O) groups is 3. The monoisotopic (exact) mass is 321 g/mol. The number of carboxylic acids is 1. The minimum atomic E-state index is -0.898. The lowest BCUT2D eigenvalue weighted by molar-refractivity contribution is -0.137. The molecular weight excluding hydrogens is 298 g/mol. The highest BCUT2D eigenvalue weighted by Crippen LogP contribution is 2.15. The average Bonchev–Trinajstić information content (AvgIpc) is 2.46. The Morgan fingerprint density at radius 3 is 2.04 bits per heavy atom. The van der Waals surface area contributed by atoms with Gasteiger partial charge in [0.05, 0.1) is 0 Å². The molecule has 0 unspecified atom stereocenters. The maximum Gasteiger partial charge on any atom is 0.319 e. The van der Waals surface area contributed by atoms with E-state index in [0.29, 0.717) is 24.2 Å². The van der Waals surface area contributed by atoms with Gasteiger partial charge in [0.1, 0.15) is 0 Å². The van der Waals surface area contributed by atoms with Crippen molar-refractivity contribution in [1.82, 2.24) is 5.32 Å². The highest BCUT2D eigenvalue weighted by Gasteiger charge is 2.21. The van der Waals surface area contributed by atoms with Gasteiger partial charge in [-0.05, 0) is 44.5 Å². The summed E-state index contributed by atoms with van der Waals surface area (Å²) in [5, 5.41) is 16.8. The van der Waals surface area contributed by atoms with Crippen LogP contribution in [-0.2, 0) is 9.59 Å². The summed E-state index contributed by atoms with van der Waals surface area (Å²) in [6, 6.07) is 6.33. The van der Waals surface area contributed by atoms with Crippen molar-refractivity contribution in [1.29, 1.82) is 0 Å². The van der Waals surface area contributed by atoms with E-state index in [-0.39, 0.29) is 12.3 Å². The molecule has 23 heavy (non-hydrogen) atoms. The van der Waals surface area contributed by atoms with Gasteiger partial charge in [0, 0.05) is 29.8 Å². The van der Waals surface area contributed by atoms with Crippen LogP contribution >= 0.6 is 0 Å². The van der Waals surface area contributed by atoms with E-state index >= 15 is 0 Å². The van der Waals surface area contributed by atoms with Gasteiger partial charge in [0.2, 0.25) is 5.91 Å². The van der Waals surface area contributed by atoms with Crippen LogP contribution in [0.3, 0.4) is 0 Å². The van der Waals surface area contributed by atoms with Crippen molar-refractivity contribution in [2.24, 2.45) is 0 Å². The number of hydrogen-bond acceptors (Lipinski definition) is 3. The van der Waals surface area contributed by atoms with E-state index in [4.69, 9.17) is 5.11 Å². The van der Waals surface area contributed by atoms with Gasteiger partial charge in [-0.15, -0.1) is 0 Å². The second kappa shape index (κ2) is 8.17. The molecule has 0 saturated carbocycles. The molecule has 0 radical (unpaired) electrons. The minimum Gasteiger partial charge on any atom is -0.481 e. The lowest BCUT2D eigenvalue weighted by Crippen LogP contribution is -2.45. The third kappa shape index (κ3) is 7.30. The maximum atomic E-state index is 11.9. The number of aliphatic carboxylic acids is 1. The highest BCUT2D eigenvalue weighted by atomic mass is 16.4. The molecule has 1 aromatic carbocycles. The molecule has 0 saturated heterocycles. The normalized spacial score (nSPS) is 10.7. The molecule has 0 heterocycles. The molecule has 1 aromatic rings. The van der Waals surface area contributed by atoms with Crippen LogP contribution in [0, 0.1) is 0 Å². The fraction of sp³-hybridized carbons (Fsp3) is 0.438. The zero-order valence-electron chi connectivity index (χ0n) is 13.6. The summed E-state index contributed by atoms with van der Waals surface area (Å²) < 4.78 is 0. The number of benzene rings is 1. The van der Waals surface area contributed by atoms with Crippen molar-refractivity contribution >= 4 is 29.3 Å². The molecule has 7 nitrogen and oxygen atoms in total. The van der Waals surface area contributed by atoms with Crippen molar-refractivity contribution in [2.75, 3.05) is 10.6 Å². The molecule has 0 aliphatic rings. The van der Waals surface area contributed by atoms with Gasteiger partial charge in [-0.3, -0.25) is 9.59 Å². The van der Waals surface area contributed by atoms with E-state index in [0.717, 1.165) is 0 Å². The molecule has 0 aliphatic carbocycles. The molecule has 0 fully saturated rings. The predicted octanol–water partition coefficient (Wildman–Crippen LogP) is 2.80. The molecule has 4 N–H and O–H groups in total. The van der Waals surface area contributed by atoms with E-state index < -0.39 is 17.5 Å². The molecule has 1 rings (SSSR count). The second-order valence-corrected chi connectivity index (χ2v) is 5.84. The van der Waals surface area contributed by atoms with Crippen LogP contribution in [0.4, 0.5) is 16.2 Å². The quantitative estimate of drug-likeness (QED) is 0.619. The van der Waals surface area contributed by atoms with Gasteiger partial charge in [0.15, 0.2) is 0 Å². The Morgan fingerprint density at radius 2 is 1.57 bits per heavy atom. The van der Waals surface area contributed by atoms with Crippen LogP contribution in [-0.4, -0.2) is 28.6 Å². The van der Waals surface area contributed by atoms with E-state index in [1.165, 1.54) is 0 Å². The Balaban J connectivity index is 2.53.